The third-order valence-electron chi connectivity index (χ3n) is 4.79. The topological polar surface area (TPSA) is 49.4 Å². The van der Waals surface area contributed by atoms with Crippen molar-refractivity contribution in [3.8, 4) is 0 Å². The first-order chi connectivity index (χ1) is 13.1. The number of hydrogen-bond donors (Lipinski definition) is 1. The average Bonchev–Trinajstić information content (AvgIpc) is 2.61. The molecule has 2 amide bonds. The monoisotopic (exact) mass is 380 g/mol. The van der Waals surface area contributed by atoms with E-state index < -0.39 is 6.04 Å². The average molecular weight is 381 g/mol. The highest BCUT2D eigenvalue weighted by molar-refractivity contribution is 5.88. The van der Waals surface area contributed by atoms with Gasteiger partial charge in [0.2, 0.25) is 11.8 Å². The molecule has 0 heterocycles. The van der Waals surface area contributed by atoms with Crippen molar-refractivity contribution in [2.24, 2.45) is 0 Å². The maximum Gasteiger partial charge on any atom is 0.242 e. The third kappa shape index (κ3) is 6.22. The maximum atomic E-state index is 13.2. The number of rotatable bonds is 6. The molecule has 4 heteroatoms. The summed E-state index contributed by atoms with van der Waals surface area (Å²) in [6.45, 7) is 12.1. The lowest BCUT2D eigenvalue weighted by atomic mass is 10.0. The lowest BCUT2D eigenvalue weighted by Gasteiger charge is -2.31. The van der Waals surface area contributed by atoms with Gasteiger partial charge in [0, 0.05) is 12.1 Å². The summed E-state index contributed by atoms with van der Waals surface area (Å²) >= 11 is 0. The van der Waals surface area contributed by atoms with Gasteiger partial charge >= 0.3 is 0 Å². The molecule has 4 nitrogen and oxygen atoms in total. The Bertz CT molecular complexity index is 822. The van der Waals surface area contributed by atoms with Crippen molar-refractivity contribution in [3.63, 3.8) is 0 Å². The molecule has 0 saturated heterocycles. The number of aryl methyl sites for hydroxylation is 2. The van der Waals surface area contributed by atoms with Gasteiger partial charge in [-0.3, -0.25) is 9.59 Å². The van der Waals surface area contributed by atoms with Gasteiger partial charge in [0.05, 0.1) is 6.42 Å². The van der Waals surface area contributed by atoms with Crippen molar-refractivity contribution in [1.29, 1.82) is 0 Å². The first-order valence-corrected chi connectivity index (χ1v) is 9.78. The van der Waals surface area contributed by atoms with E-state index in [2.05, 4.69) is 12.2 Å². The quantitative estimate of drug-likeness (QED) is 0.817. The minimum Gasteiger partial charge on any atom is -0.350 e. The predicted molar refractivity (Wildman–Crippen MR) is 114 cm³/mol. The van der Waals surface area contributed by atoms with Crippen LogP contribution >= 0.6 is 0 Å². The van der Waals surface area contributed by atoms with Crippen LogP contribution in [0.4, 0.5) is 0 Å². The highest BCUT2D eigenvalue weighted by Gasteiger charge is 2.28. The third-order valence-corrected chi connectivity index (χ3v) is 4.79. The Hall–Kier alpha value is -2.62. The molecule has 0 aliphatic carbocycles. The van der Waals surface area contributed by atoms with Crippen LogP contribution in [0.3, 0.4) is 0 Å². The minimum atomic E-state index is -0.557. The number of nitrogens with one attached hydrogen (secondary N) is 1. The van der Waals surface area contributed by atoms with Crippen molar-refractivity contribution in [1.82, 2.24) is 10.2 Å². The standard InChI is InChI=1S/C24H32N2O2/c1-17-12-13-21(14-18(17)2)15-22(27)26(16-20-10-8-7-9-11-20)19(3)23(28)25-24(4,5)6/h7-14,19H,15-16H2,1-6H3,(H,25,28)/t19-/m1/s1. The first-order valence-electron chi connectivity index (χ1n) is 9.78. The van der Waals surface area contributed by atoms with Crippen molar-refractivity contribution >= 4 is 11.8 Å². The minimum absolute atomic E-state index is 0.0522. The molecule has 0 aromatic heterocycles. The van der Waals surface area contributed by atoms with Gasteiger partial charge in [-0.05, 0) is 63.8 Å². The number of carbonyl (C=O) groups excluding carboxylic acids is 2. The molecule has 2 rings (SSSR count). The number of hydrogen-bond acceptors (Lipinski definition) is 2. The van der Waals surface area contributed by atoms with Gasteiger partial charge in [-0.2, -0.15) is 0 Å². The molecule has 0 saturated carbocycles. The smallest absolute Gasteiger partial charge is 0.242 e. The summed E-state index contributed by atoms with van der Waals surface area (Å²) < 4.78 is 0. The van der Waals surface area contributed by atoms with E-state index in [0.29, 0.717) is 6.54 Å². The summed E-state index contributed by atoms with van der Waals surface area (Å²) in [6.07, 6.45) is 0.279. The summed E-state index contributed by atoms with van der Waals surface area (Å²) in [6, 6.07) is 15.3. The lowest BCUT2D eigenvalue weighted by Crippen LogP contribution is -2.52. The molecular weight excluding hydrogens is 348 g/mol. The highest BCUT2D eigenvalue weighted by Crippen LogP contribution is 2.15. The Labute approximate surface area is 169 Å². The van der Waals surface area contributed by atoms with E-state index in [1.165, 1.54) is 11.1 Å². The van der Waals surface area contributed by atoms with Crippen LogP contribution in [0.5, 0.6) is 0 Å². The fourth-order valence-corrected chi connectivity index (χ4v) is 3.03. The van der Waals surface area contributed by atoms with Crippen LogP contribution in [-0.4, -0.2) is 28.3 Å². The van der Waals surface area contributed by atoms with E-state index in [0.717, 1.165) is 11.1 Å². The molecule has 150 valence electrons. The van der Waals surface area contributed by atoms with E-state index in [4.69, 9.17) is 0 Å². The second-order valence-corrected chi connectivity index (χ2v) is 8.52. The molecule has 1 N–H and O–H groups in total. The van der Waals surface area contributed by atoms with Crippen LogP contribution in [0.1, 0.15) is 49.9 Å². The number of nitrogens with zero attached hydrogens (tertiary/aromatic N) is 1. The van der Waals surface area contributed by atoms with Crippen LogP contribution in [0.15, 0.2) is 48.5 Å². The molecule has 2 aromatic carbocycles. The zero-order valence-electron chi connectivity index (χ0n) is 17.9. The second kappa shape index (κ2) is 9.05. The summed E-state index contributed by atoms with van der Waals surface area (Å²) in [5, 5.41) is 2.99. The van der Waals surface area contributed by atoms with Gasteiger partial charge in [0.25, 0.3) is 0 Å². The van der Waals surface area contributed by atoms with E-state index >= 15 is 0 Å². The van der Waals surface area contributed by atoms with E-state index in [9.17, 15) is 9.59 Å². The van der Waals surface area contributed by atoms with E-state index in [1.807, 2.05) is 76.2 Å². The zero-order chi connectivity index (χ0) is 20.9. The Morgan fingerprint density at radius 2 is 1.61 bits per heavy atom. The van der Waals surface area contributed by atoms with Crippen molar-refractivity contribution in [3.05, 3.63) is 70.8 Å². The van der Waals surface area contributed by atoms with Crippen LogP contribution in [0.25, 0.3) is 0 Å². The fourth-order valence-electron chi connectivity index (χ4n) is 3.03. The molecule has 2 aromatic rings. The van der Waals surface area contributed by atoms with Gasteiger partial charge in [-0.15, -0.1) is 0 Å². The molecule has 0 aliphatic heterocycles. The second-order valence-electron chi connectivity index (χ2n) is 8.52. The highest BCUT2D eigenvalue weighted by atomic mass is 16.2. The molecule has 0 bridgehead atoms. The van der Waals surface area contributed by atoms with Crippen molar-refractivity contribution in [2.75, 3.05) is 0 Å². The fraction of sp³-hybridized carbons (Fsp3) is 0.417. The first kappa shape index (κ1) is 21.7. The summed E-state index contributed by atoms with van der Waals surface area (Å²) in [7, 11) is 0. The Morgan fingerprint density at radius 1 is 0.964 bits per heavy atom. The summed E-state index contributed by atoms with van der Waals surface area (Å²) in [5.74, 6) is -0.194. The molecule has 1 atom stereocenters. The largest absolute Gasteiger partial charge is 0.350 e. The molecule has 0 unspecified atom stereocenters. The van der Waals surface area contributed by atoms with Crippen molar-refractivity contribution in [2.45, 2.75) is 66.1 Å². The van der Waals surface area contributed by atoms with Gasteiger partial charge in [-0.1, -0.05) is 48.5 Å². The predicted octanol–water partition coefficient (Wildman–Crippen LogP) is 4.18. The summed E-state index contributed by atoms with van der Waals surface area (Å²) in [4.78, 5) is 27.6. The number of amides is 2. The van der Waals surface area contributed by atoms with E-state index in [-0.39, 0.29) is 23.8 Å². The van der Waals surface area contributed by atoms with Crippen LogP contribution < -0.4 is 5.32 Å². The molecule has 0 fully saturated rings. The van der Waals surface area contributed by atoms with Crippen LogP contribution in [-0.2, 0) is 22.6 Å². The Morgan fingerprint density at radius 3 is 2.18 bits per heavy atom. The van der Waals surface area contributed by atoms with Gasteiger partial charge in [0.1, 0.15) is 6.04 Å². The molecular formula is C24H32N2O2. The van der Waals surface area contributed by atoms with E-state index in [1.54, 1.807) is 11.8 Å². The molecule has 0 spiro atoms. The molecule has 0 aliphatic rings. The van der Waals surface area contributed by atoms with Crippen molar-refractivity contribution < 1.29 is 9.59 Å². The maximum absolute atomic E-state index is 13.2. The van der Waals surface area contributed by atoms with Gasteiger partial charge in [-0.25, -0.2) is 0 Å². The zero-order valence-corrected chi connectivity index (χ0v) is 17.9. The van der Waals surface area contributed by atoms with Crippen LogP contribution in [0.2, 0.25) is 0 Å². The Kier molecular flexibility index (Phi) is 7.00. The molecule has 28 heavy (non-hydrogen) atoms. The molecule has 0 radical (unpaired) electrons. The van der Waals surface area contributed by atoms with Crippen LogP contribution in [0, 0.1) is 13.8 Å². The normalized spacial score (nSPS) is 12.4. The number of carbonyl (C=O) groups is 2. The SMILES string of the molecule is Cc1ccc(CC(=O)N(Cc2ccccc2)[C@H](C)C(=O)NC(C)(C)C)cc1C. The van der Waals surface area contributed by atoms with Gasteiger partial charge < -0.3 is 10.2 Å². The van der Waals surface area contributed by atoms with Gasteiger partial charge in [0.15, 0.2) is 0 Å². The lowest BCUT2D eigenvalue weighted by molar-refractivity contribution is -0.140. The number of benzene rings is 2. The summed E-state index contributed by atoms with van der Waals surface area (Å²) in [5.41, 5.74) is 4.00. The Balaban J connectivity index is 2.24.